The SMILES string of the molecule is CC(C)C1=Cc2cc(C(C)(C)C)ccc2[CH]1[Zr]([CH3])([CH3])(=[SiH2])[CH]1C(C(C)C)=Cc2cc(C(C)(C)C)ccc21.Cl.Cl. The van der Waals surface area contributed by atoms with Crippen LogP contribution < -0.4 is 0 Å². The van der Waals surface area contributed by atoms with E-state index < -0.39 is 17.4 Å². The fraction of sp³-hybridized carbons (Fsp3) is 0.529. The van der Waals surface area contributed by atoms with Crippen LogP contribution in [-0.4, -0.2) is 6.88 Å². The van der Waals surface area contributed by atoms with Crippen LogP contribution in [0.2, 0.25) is 9.26 Å². The van der Waals surface area contributed by atoms with Gasteiger partial charge in [-0.2, -0.15) is 0 Å². The van der Waals surface area contributed by atoms with Crippen molar-refractivity contribution in [1.29, 1.82) is 0 Å². The van der Waals surface area contributed by atoms with Gasteiger partial charge in [-0.05, 0) is 0 Å². The van der Waals surface area contributed by atoms with Crippen LogP contribution in [0, 0.1) is 11.8 Å². The maximum atomic E-state index is 2.78. The van der Waals surface area contributed by atoms with Crippen LogP contribution in [-0.2, 0) is 28.2 Å². The van der Waals surface area contributed by atoms with Crippen molar-refractivity contribution >= 4 is 43.8 Å². The third-order valence-electron chi connectivity index (χ3n) is 9.07. The van der Waals surface area contributed by atoms with Crippen molar-refractivity contribution in [1.82, 2.24) is 0 Å². The number of hydrogen-bond acceptors (Lipinski definition) is 0. The molecule has 0 aliphatic heterocycles. The minimum Gasteiger partial charge on any atom is -0.147 e. The monoisotopic (exact) mass is 648 g/mol. The van der Waals surface area contributed by atoms with Gasteiger partial charge in [0, 0.05) is 0 Å². The van der Waals surface area contributed by atoms with E-state index >= 15 is 0 Å². The zero-order valence-electron chi connectivity index (χ0n) is 26.0. The quantitative estimate of drug-likeness (QED) is 0.289. The molecule has 2 unspecified atom stereocenters. The van der Waals surface area contributed by atoms with Gasteiger partial charge in [0.25, 0.3) is 0 Å². The van der Waals surface area contributed by atoms with Crippen molar-refractivity contribution in [3.63, 3.8) is 0 Å². The van der Waals surface area contributed by atoms with Gasteiger partial charge in [-0.15, -0.1) is 24.8 Å². The predicted octanol–water partition coefficient (Wildman–Crippen LogP) is 10.3. The number of rotatable bonds is 4. The van der Waals surface area contributed by atoms with E-state index in [1.807, 2.05) is 0 Å². The average Bonchev–Trinajstić information content (AvgIpc) is 3.31. The van der Waals surface area contributed by atoms with Crippen molar-refractivity contribution in [3.8, 4) is 0 Å². The predicted molar refractivity (Wildman–Crippen MR) is 176 cm³/mol. The molecule has 2 aliphatic rings. The first kappa shape index (κ1) is 33.8. The van der Waals surface area contributed by atoms with E-state index in [1.54, 1.807) is 22.3 Å². The van der Waals surface area contributed by atoms with Gasteiger partial charge in [0.1, 0.15) is 0 Å². The molecule has 0 heterocycles. The molecular weight excluding hydrogens is 599 g/mol. The third-order valence-corrected chi connectivity index (χ3v) is 26.4. The van der Waals surface area contributed by atoms with Crippen molar-refractivity contribution in [2.24, 2.45) is 11.8 Å². The first-order valence-corrected chi connectivity index (χ1v) is 27.8. The number of fused-ring (bicyclic) bond motifs is 2. The zero-order chi connectivity index (χ0) is 27.0. The van der Waals surface area contributed by atoms with Crippen molar-refractivity contribution in [2.75, 3.05) is 0 Å². The van der Waals surface area contributed by atoms with E-state index in [4.69, 9.17) is 0 Å². The summed E-state index contributed by atoms with van der Waals surface area (Å²) in [6.07, 6.45) is 5.18. The molecule has 0 aromatic heterocycles. The van der Waals surface area contributed by atoms with E-state index in [-0.39, 0.29) is 35.6 Å². The number of allylic oxidation sites excluding steroid dienone is 2. The van der Waals surface area contributed by atoms with Crippen molar-refractivity contribution in [3.05, 3.63) is 80.9 Å². The summed E-state index contributed by atoms with van der Waals surface area (Å²) in [6.45, 7) is 26.2. The summed E-state index contributed by atoms with van der Waals surface area (Å²) in [5.41, 5.74) is 12.8. The molecule has 38 heavy (non-hydrogen) atoms. The maximum absolute atomic E-state index is 3.51. The summed E-state index contributed by atoms with van der Waals surface area (Å²) in [5.74, 6) is 1.13. The Morgan fingerprint density at radius 2 is 0.947 bits per heavy atom. The molecule has 0 saturated carbocycles. The topological polar surface area (TPSA) is 0 Å². The Bertz CT molecular complexity index is 1240. The Kier molecular flexibility index (Phi) is 9.59. The average molecular weight is 651 g/mol. The van der Waals surface area contributed by atoms with Crippen LogP contribution >= 0.6 is 24.8 Å². The Labute approximate surface area is 248 Å². The van der Waals surface area contributed by atoms with Gasteiger partial charge >= 0.3 is 226 Å². The first-order valence-electron chi connectivity index (χ1n) is 14.1. The standard InChI is InChI=1S/2C16H21.2CH3.2ClH.H2Si.Zr/c2*1-11(2)13-8-12-6-7-15(16(3,4)5)10-14(12)9-13;;;;;;/h2*6-11H,1-5H3;2*1H3;2*1H;1H2;. The molecular formula is C34H52Cl2SiZr. The molecule has 0 spiro atoms. The fourth-order valence-electron chi connectivity index (χ4n) is 7.03. The van der Waals surface area contributed by atoms with E-state index in [1.165, 1.54) is 22.3 Å². The van der Waals surface area contributed by atoms with E-state index in [2.05, 4.69) is 134 Å². The molecule has 2 aromatic carbocycles. The fourth-order valence-corrected chi connectivity index (χ4v) is 27.0. The Balaban J connectivity index is 0.00000253. The Morgan fingerprint density at radius 3 is 1.21 bits per heavy atom. The van der Waals surface area contributed by atoms with Crippen LogP contribution in [0.4, 0.5) is 0 Å². The van der Waals surface area contributed by atoms with Crippen LogP contribution in [0.1, 0.15) is 110 Å². The zero-order valence-corrected chi connectivity index (χ0v) is 31.5. The van der Waals surface area contributed by atoms with Crippen LogP contribution in [0.5, 0.6) is 0 Å². The first-order chi connectivity index (χ1) is 16.3. The second-order valence-corrected chi connectivity index (χ2v) is 46.1. The summed E-state index contributed by atoms with van der Waals surface area (Å²) in [5, 5.41) is 0. The third kappa shape index (κ3) is 5.82. The molecule has 0 radical (unpaired) electrons. The minimum atomic E-state index is -3.51. The molecule has 4 rings (SSSR count). The molecule has 0 N–H and O–H groups in total. The second kappa shape index (κ2) is 10.8. The molecule has 210 valence electrons. The molecule has 4 heteroatoms. The van der Waals surface area contributed by atoms with Gasteiger partial charge in [0.05, 0.1) is 0 Å². The normalized spacial score (nSPS) is 19.4. The molecule has 0 amide bonds. The van der Waals surface area contributed by atoms with E-state index in [0.717, 1.165) is 0 Å². The van der Waals surface area contributed by atoms with Gasteiger partial charge in [-0.1, -0.05) is 0 Å². The largest absolute Gasteiger partial charge is 0.147 e. The second-order valence-electron chi connectivity index (χ2n) is 15.6. The number of halogens is 2. The minimum absolute atomic E-state index is 0. The van der Waals surface area contributed by atoms with E-state index in [0.29, 0.717) is 19.1 Å². The smallest absolute Gasteiger partial charge is 0.147 e. The van der Waals surface area contributed by atoms with Crippen molar-refractivity contribution in [2.45, 2.75) is 96.6 Å². The van der Waals surface area contributed by atoms with E-state index in [9.17, 15) is 0 Å². The molecule has 0 saturated heterocycles. The summed E-state index contributed by atoms with van der Waals surface area (Å²) in [7, 11) is 0. The summed E-state index contributed by atoms with van der Waals surface area (Å²) in [6, 6.07) is 14.9. The van der Waals surface area contributed by atoms with Gasteiger partial charge in [-0.25, -0.2) is 0 Å². The Hall–Kier alpha value is -0.400. The summed E-state index contributed by atoms with van der Waals surface area (Å²) in [4.78, 5) is 0. The molecule has 0 nitrogen and oxygen atoms in total. The van der Waals surface area contributed by atoms with Gasteiger partial charge < -0.3 is 0 Å². The summed E-state index contributed by atoms with van der Waals surface area (Å²) < 4.78 is 6.74. The maximum Gasteiger partial charge on any atom is -0.147 e. The van der Waals surface area contributed by atoms with Gasteiger partial charge in [0.2, 0.25) is 0 Å². The molecule has 0 fully saturated rings. The molecule has 2 aliphatic carbocycles. The number of benzene rings is 2. The molecule has 0 bridgehead atoms. The van der Waals surface area contributed by atoms with Crippen molar-refractivity contribution < 1.29 is 17.4 Å². The summed E-state index contributed by atoms with van der Waals surface area (Å²) >= 11 is -3.51. The molecule has 2 atom stereocenters. The van der Waals surface area contributed by atoms with Crippen LogP contribution in [0.25, 0.3) is 12.2 Å². The molecule has 2 aromatic rings. The van der Waals surface area contributed by atoms with Crippen LogP contribution in [0.15, 0.2) is 47.5 Å². The number of hydrogen-bond donors (Lipinski definition) is 0. The van der Waals surface area contributed by atoms with Gasteiger partial charge in [0.15, 0.2) is 0 Å². The van der Waals surface area contributed by atoms with Gasteiger partial charge in [-0.3, -0.25) is 0 Å². The Morgan fingerprint density at radius 1 is 0.632 bits per heavy atom. The van der Waals surface area contributed by atoms with Crippen LogP contribution in [0.3, 0.4) is 0 Å².